The summed E-state index contributed by atoms with van der Waals surface area (Å²) in [5, 5.41) is 12.8. The molecule has 6 nitrogen and oxygen atoms in total. The number of aromatic carboxylic acids is 1. The molecule has 0 unspecified atom stereocenters. The lowest BCUT2D eigenvalue weighted by Gasteiger charge is -2.32. The van der Waals surface area contributed by atoms with Gasteiger partial charge in [-0.05, 0) is 49.1 Å². The Kier molecular flexibility index (Phi) is 5.42. The molecule has 1 amide bonds. The SMILES string of the molecule is C[C@H]1CCCN(c2ncc(NC(=O)c3ccc(Cl)cc3)cc2C(=O)O)C1. The molecule has 0 spiro atoms. The predicted molar refractivity (Wildman–Crippen MR) is 101 cm³/mol. The van der Waals surface area contributed by atoms with E-state index in [2.05, 4.69) is 17.2 Å². The molecular formula is C19H20ClN3O3. The second-order valence-electron chi connectivity index (χ2n) is 6.55. The van der Waals surface area contributed by atoms with E-state index in [1.54, 1.807) is 24.3 Å². The Morgan fingerprint density at radius 3 is 2.69 bits per heavy atom. The standard InChI is InChI=1S/C19H20ClN3O3/c1-12-3-2-8-23(11-12)17-16(19(25)26)9-15(10-21-17)22-18(24)13-4-6-14(20)7-5-13/h4-7,9-10,12H,2-3,8,11H2,1H3,(H,22,24)(H,25,26)/t12-/m0/s1. The van der Waals surface area contributed by atoms with E-state index in [4.69, 9.17) is 11.6 Å². The molecule has 2 aromatic rings. The van der Waals surface area contributed by atoms with Gasteiger partial charge in [0.05, 0.1) is 11.9 Å². The van der Waals surface area contributed by atoms with E-state index in [1.807, 2.05) is 4.90 Å². The van der Waals surface area contributed by atoms with Gasteiger partial charge in [0.25, 0.3) is 5.91 Å². The highest BCUT2D eigenvalue weighted by atomic mass is 35.5. The van der Waals surface area contributed by atoms with Gasteiger partial charge in [0.15, 0.2) is 0 Å². The molecule has 1 aliphatic rings. The minimum absolute atomic E-state index is 0.0907. The minimum atomic E-state index is -1.06. The maximum Gasteiger partial charge on any atom is 0.339 e. The fourth-order valence-electron chi connectivity index (χ4n) is 3.12. The van der Waals surface area contributed by atoms with Gasteiger partial charge in [-0.2, -0.15) is 0 Å². The lowest BCUT2D eigenvalue weighted by atomic mass is 10.00. The Balaban J connectivity index is 1.83. The zero-order valence-corrected chi connectivity index (χ0v) is 15.2. The Bertz CT molecular complexity index is 823. The van der Waals surface area contributed by atoms with Gasteiger partial charge in [-0.15, -0.1) is 0 Å². The third-order valence-corrected chi connectivity index (χ3v) is 4.67. The van der Waals surface area contributed by atoms with Gasteiger partial charge < -0.3 is 15.3 Å². The van der Waals surface area contributed by atoms with E-state index in [-0.39, 0.29) is 11.5 Å². The van der Waals surface area contributed by atoms with E-state index in [0.717, 1.165) is 25.9 Å². The number of rotatable bonds is 4. The van der Waals surface area contributed by atoms with Crippen molar-refractivity contribution in [3.05, 3.63) is 52.7 Å². The number of piperidine rings is 1. The molecular weight excluding hydrogens is 354 g/mol. The number of hydrogen-bond donors (Lipinski definition) is 2. The predicted octanol–water partition coefficient (Wildman–Crippen LogP) is 3.92. The van der Waals surface area contributed by atoms with Crippen molar-refractivity contribution in [3.8, 4) is 0 Å². The van der Waals surface area contributed by atoms with Crippen molar-refractivity contribution in [2.24, 2.45) is 5.92 Å². The fourth-order valence-corrected chi connectivity index (χ4v) is 3.25. The summed E-state index contributed by atoms with van der Waals surface area (Å²) in [7, 11) is 0. The Morgan fingerprint density at radius 2 is 2.04 bits per heavy atom. The van der Waals surface area contributed by atoms with Crippen LogP contribution in [0, 0.1) is 5.92 Å². The average Bonchev–Trinajstić information content (AvgIpc) is 2.62. The van der Waals surface area contributed by atoms with Gasteiger partial charge in [0.1, 0.15) is 11.4 Å². The number of nitrogens with zero attached hydrogens (tertiary/aromatic N) is 2. The average molecular weight is 374 g/mol. The number of pyridine rings is 1. The Labute approximate surface area is 156 Å². The number of benzene rings is 1. The van der Waals surface area contributed by atoms with Crippen LogP contribution in [0.1, 0.15) is 40.5 Å². The van der Waals surface area contributed by atoms with Crippen molar-refractivity contribution >= 4 is 35.0 Å². The number of anilines is 2. The van der Waals surface area contributed by atoms with Crippen LogP contribution in [0.2, 0.25) is 5.02 Å². The van der Waals surface area contributed by atoms with Gasteiger partial charge in [-0.3, -0.25) is 4.79 Å². The molecule has 3 rings (SSSR count). The smallest absolute Gasteiger partial charge is 0.339 e. The molecule has 1 aromatic carbocycles. The zero-order valence-electron chi connectivity index (χ0n) is 14.4. The van der Waals surface area contributed by atoms with Crippen LogP contribution in [0.4, 0.5) is 11.5 Å². The van der Waals surface area contributed by atoms with Gasteiger partial charge in [-0.1, -0.05) is 18.5 Å². The number of halogens is 1. The van der Waals surface area contributed by atoms with Crippen LogP contribution >= 0.6 is 11.6 Å². The quantitative estimate of drug-likeness (QED) is 0.848. The van der Waals surface area contributed by atoms with Crippen LogP contribution in [0.3, 0.4) is 0 Å². The summed E-state index contributed by atoms with van der Waals surface area (Å²) in [6, 6.07) is 7.91. The van der Waals surface area contributed by atoms with E-state index in [9.17, 15) is 14.7 Å². The van der Waals surface area contributed by atoms with Gasteiger partial charge in [-0.25, -0.2) is 9.78 Å². The number of carboxylic acids is 1. The van der Waals surface area contributed by atoms with Crippen LogP contribution in [0.5, 0.6) is 0 Å². The number of hydrogen-bond acceptors (Lipinski definition) is 4. The monoisotopic (exact) mass is 373 g/mol. The second kappa shape index (κ2) is 7.74. The summed E-state index contributed by atoms with van der Waals surface area (Å²) in [5.74, 6) is -0.461. The van der Waals surface area contributed by atoms with Crippen molar-refractivity contribution < 1.29 is 14.7 Å². The first-order valence-corrected chi connectivity index (χ1v) is 8.87. The molecule has 2 heterocycles. The van der Waals surface area contributed by atoms with Crippen molar-refractivity contribution in [3.63, 3.8) is 0 Å². The Hall–Kier alpha value is -2.60. The largest absolute Gasteiger partial charge is 0.478 e. The summed E-state index contributed by atoms with van der Waals surface area (Å²) in [6.07, 6.45) is 3.64. The number of aromatic nitrogens is 1. The molecule has 1 aromatic heterocycles. The normalized spacial score (nSPS) is 17.0. The van der Waals surface area contributed by atoms with Crippen LogP contribution in [-0.2, 0) is 0 Å². The van der Waals surface area contributed by atoms with Crippen LogP contribution in [0.15, 0.2) is 36.5 Å². The van der Waals surface area contributed by atoms with Crippen molar-refractivity contribution in [1.82, 2.24) is 4.98 Å². The molecule has 0 bridgehead atoms. The number of carboxylic acid groups (broad SMARTS) is 1. The summed E-state index contributed by atoms with van der Waals surface area (Å²) < 4.78 is 0. The summed E-state index contributed by atoms with van der Waals surface area (Å²) >= 11 is 5.82. The molecule has 1 fully saturated rings. The number of carbonyl (C=O) groups excluding carboxylic acids is 1. The van der Waals surface area contributed by atoms with E-state index < -0.39 is 5.97 Å². The molecule has 0 radical (unpaired) electrons. The highest BCUT2D eigenvalue weighted by Gasteiger charge is 2.23. The molecule has 136 valence electrons. The topological polar surface area (TPSA) is 82.5 Å². The molecule has 26 heavy (non-hydrogen) atoms. The molecule has 2 N–H and O–H groups in total. The Morgan fingerprint density at radius 1 is 1.31 bits per heavy atom. The molecule has 0 saturated carbocycles. The van der Waals surface area contributed by atoms with E-state index in [0.29, 0.717) is 28.0 Å². The molecule has 1 aliphatic heterocycles. The fraction of sp³-hybridized carbons (Fsp3) is 0.316. The summed E-state index contributed by atoms with van der Waals surface area (Å²) in [4.78, 5) is 30.3. The first-order chi connectivity index (χ1) is 12.4. The van der Waals surface area contributed by atoms with Crippen molar-refractivity contribution in [2.75, 3.05) is 23.3 Å². The molecule has 0 aliphatic carbocycles. The second-order valence-corrected chi connectivity index (χ2v) is 6.99. The van der Waals surface area contributed by atoms with Gasteiger partial charge >= 0.3 is 5.97 Å². The third-order valence-electron chi connectivity index (χ3n) is 4.42. The number of nitrogens with one attached hydrogen (secondary N) is 1. The summed E-state index contributed by atoms with van der Waals surface area (Å²) in [5.41, 5.74) is 0.865. The zero-order chi connectivity index (χ0) is 18.7. The van der Waals surface area contributed by atoms with Crippen molar-refractivity contribution in [2.45, 2.75) is 19.8 Å². The van der Waals surface area contributed by atoms with Crippen molar-refractivity contribution in [1.29, 1.82) is 0 Å². The van der Waals surface area contributed by atoms with E-state index >= 15 is 0 Å². The van der Waals surface area contributed by atoms with Crippen LogP contribution in [-0.4, -0.2) is 35.1 Å². The number of amides is 1. The van der Waals surface area contributed by atoms with Crippen LogP contribution in [0.25, 0.3) is 0 Å². The van der Waals surface area contributed by atoms with Gasteiger partial charge in [0.2, 0.25) is 0 Å². The lowest BCUT2D eigenvalue weighted by molar-refractivity contribution is 0.0696. The lowest BCUT2D eigenvalue weighted by Crippen LogP contribution is -2.36. The maximum atomic E-state index is 12.3. The molecule has 1 saturated heterocycles. The third kappa shape index (κ3) is 4.14. The first-order valence-electron chi connectivity index (χ1n) is 8.49. The van der Waals surface area contributed by atoms with Gasteiger partial charge in [0, 0.05) is 23.7 Å². The summed E-state index contributed by atoms with van der Waals surface area (Å²) in [6.45, 7) is 3.71. The minimum Gasteiger partial charge on any atom is -0.478 e. The first kappa shape index (κ1) is 18.2. The highest BCUT2D eigenvalue weighted by Crippen LogP contribution is 2.26. The molecule has 7 heteroatoms. The van der Waals surface area contributed by atoms with E-state index in [1.165, 1.54) is 12.3 Å². The molecule has 1 atom stereocenters. The highest BCUT2D eigenvalue weighted by molar-refractivity contribution is 6.30. The maximum absolute atomic E-state index is 12.3. The van der Waals surface area contributed by atoms with Crippen LogP contribution < -0.4 is 10.2 Å². The number of carbonyl (C=O) groups is 2.